The molecule has 4 rings (SSSR count). The predicted molar refractivity (Wildman–Crippen MR) is 128 cm³/mol. The minimum absolute atomic E-state index is 0.133. The molecule has 32 heavy (non-hydrogen) atoms. The van der Waals surface area contributed by atoms with E-state index < -0.39 is 5.91 Å². The van der Waals surface area contributed by atoms with Crippen LogP contribution in [0.25, 0.3) is 22.6 Å². The summed E-state index contributed by atoms with van der Waals surface area (Å²) < 4.78 is 11.2. The van der Waals surface area contributed by atoms with Gasteiger partial charge in [0.15, 0.2) is 10.9 Å². The third-order valence-electron chi connectivity index (χ3n) is 4.76. The van der Waals surface area contributed by atoms with Gasteiger partial charge in [-0.25, -0.2) is 0 Å². The van der Waals surface area contributed by atoms with Crippen molar-refractivity contribution in [2.45, 2.75) is 13.5 Å². The average molecular weight is 467 g/mol. The molecular weight excluding hydrogens is 448 g/mol. The summed E-state index contributed by atoms with van der Waals surface area (Å²) in [5, 5.41) is 15.4. The Bertz CT molecular complexity index is 1280. The number of aryl methyl sites for hydroxylation is 1. The van der Waals surface area contributed by atoms with Crippen molar-refractivity contribution < 1.29 is 18.7 Å². The summed E-state index contributed by atoms with van der Waals surface area (Å²) in [5.74, 6) is 1.36. The maximum atomic E-state index is 12.5. The third-order valence-corrected chi connectivity index (χ3v) is 5.37. The van der Waals surface area contributed by atoms with E-state index in [4.69, 9.17) is 37.8 Å². The Morgan fingerprint density at radius 1 is 0.969 bits per heavy atom. The molecule has 0 unspecified atom stereocenters. The van der Waals surface area contributed by atoms with Crippen LogP contribution in [-0.2, 0) is 6.61 Å². The summed E-state index contributed by atoms with van der Waals surface area (Å²) in [6.45, 7) is 1.77. The lowest BCUT2D eigenvalue weighted by molar-refractivity contribution is 0.0951. The monoisotopic (exact) mass is 466 g/mol. The SMILES string of the molecule is Cc1ccc(-c2ccc(C(=O)NC(=S)Nc3ccc(-c4ccc(CO)o4)cc3)o2)cc1Cl. The lowest BCUT2D eigenvalue weighted by Crippen LogP contribution is -2.33. The zero-order chi connectivity index (χ0) is 22.7. The summed E-state index contributed by atoms with van der Waals surface area (Å²) in [7, 11) is 0. The lowest BCUT2D eigenvalue weighted by Gasteiger charge is -2.09. The zero-order valence-electron chi connectivity index (χ0n) is 17.0. The molecular formula is C24H19ClN2O4S. The molecule has 8 heteroatoms. The number of halogens is 1. The molecule has 0 aliphatic carbocycles. The van der Waals surface area contributed by atoms with Gasteiger partial charge in [0, 0.05) is 21.8 Å². The highest BCUT2D eigenvalue weighted by atomic mass is 35.5. The Balaban J connectivity index is 1.37. The number of amides is 1. The molecule has 0 saturated carbocycles. The summed E-state index contributed by atoms with van der Waals surface area (Å²) >= 11 is 11.4. The summed E-state index contributed by atoms with van der Waals surface area (Å²) in [4.78, 5) is 12.5. The van der Waals surface area contributed by atoms with Crippen molar-refractivity contribution in [1.29, 1.82) is 0 Å². The first-order valence-corrected chi connectivity index (χ1v) is 10.5. The second-order valence-corrected chi connectivity index (χ2v) is 7.85. The normalized spacial score (nSPS) is 10.7. The van der Waals surface area contributed by atoms with Crippen molar-refractivity contribution in [2.75, 3.05) is 5.32 Å². The van der Waals surface area contributed by atoms with Crippen LogP contribution in [0.2, 0.25) is 5.02 Å². The van der Waals surface area contributed by atoms with E-state index in [2.05, 4.69) is 10.6 Å². The molecule has 6 nitrogen and oxygen atoms in total. The predicted octanol–water partition coefficient (Wildman–Crippen LogP) is 5.79. The highest BCUT2D eigenvalue weighted by molar-refractivity contribution is 7.80. The van der Waals surface area contributed by atoms with Gasteiger partial charge in [0.2, 0.25) is 0 Å². The van der Waals surface area contributed by atoms with Gasteiger partial charge in [0.25, 0.3) is 5.91 Å². The fourth-order valence-electron chi connectivity index (χ4n) is 3.02. The van der Waals surface area contributed by atoms with Crippen LogP contribution >= 0.6 is 23.8 Å². The van der Waals surface area contributed by atoms with E-state index in [9.17, 15) is 4.79 Å². The first-order valence-electron chi connectivity index (χ1n) is 9.71. The molecule has 4 aromatic rings. The van der Waals surface area contributed by atoms with Gasteiger partial charge in [-0.3, -0.25) is 10.1 Å². The van der Waals surface area contributed by atoms with E-state index in [-0.39, 0.29) is 17.5 Å². The molecule has 0 atom stereocenters. The molecule has 0 saturated heterocycles. The number of aliphatic hydroxyl groups excluding tert-OH is 1. The first kappa shape index (κ1) is 21.8. The second-order valence-electron chi connectivity index (χ2n) is 7.04. The van der Waals surface area contributed by atoms with E-state index in [0.29, 0.717) is 28.0 Å². The largest absolute Gasteiger partial charge is 0.459 e. The number of hydrogen-bond donors (Lipinski definition) is 3. The number of carbonyl (C=O) groups is 1. The van der Waals surface area contributed by atoms with E-state index in [1.54, 1.807) is 42.5 Å². The van der Waals surface area contributed by atoms with Gasteiger partial charge in [-0.15, -0.1) is 0 Å². The van der Waals surface area contributed by atoms with Crippen LogP contribution in [0.5, 0.6) is 0 Å². The number of furan rings is 2. The van der Waals surface area contributed by atoms with Crippen molar-refractivity contribution in [3.63, 3.8) is 0 Å². The zero-order valence-corrected chi connectivity index (χ0v) is 18.6. The molecule has 2 heterocycles. The minimum Gasteiger partial charge on any atom is -0.459 e. The van der Waals surface area contributed by atoms with Crippen LogP contribution in [-0.4, -0.2) is 16.1 Å². The quantitative estimate of drug-likeness (QED) is 0.323. The molecule has 2 aromatic heterocycles. The molecule has 0 spiro atoms. The van der Waals surface area contributed by atoms with Gasteiger partial charge in [-0.05, 0) is 79.3 Å². The number of rotatable bonds is 5. The van der Waals surface area contributed by atoms with Gasteiger partial charge >= 0.3 is 0 Å². The van der Waals surface area contributed by atoms with Crippen molar-refractivity contribution in [3.05, 3.63) is 88.8 Å². The molecule has 0 radical (unpaired) electrons. The third kappa shape index (κ3) is 4.91. The molecule has 0 bridgehead atoms. The van der Waals surface area contributed by atoms with Gasteiger partial charge in [0.05, 0.1) is 0 Å². The molecule has 3 N–H and O–H groups in total. The van der Waals surface area contributed by atoms with Crippen molar-refractivity contribution in [2.24, 2.45) is 0 Å². The maximum Gasteiger partial charge on any atom is 0.293 e. The second kappa shape index (κ2) is 9.40. The molecule has 162 valence electrons. The van der Waals surface area contributed by atoms with Crippen molar-refractivity contribution in [3.8, 4) is 22.6 Å². The average Bonchev–Trinajstić information content (AvgIpc) is 3.46. The highest BCUT2D eigenvalue weighted by Crippen LogP contribution is 2.27. The first-order chi connectivity index (χ1) is 15.4. The van der Waals surface area contributed by atoms with Gasteiger partial charge in [-0.2, -0.15) is 0 Å². The Labute approximate surface area is 194 Å². The van der Waals surface area contributed by atoms with Crippen molar-refractivity contribution in [1.82, 2.24) is 5.32 Å². The molecule has 0 aliphatic rings. The Kier molecular flexibility index (Phi) is 6.41. The Hall–Kier alpha value is -3.39. The Morgan fingerprint density at radius 2 is 1.66 bits per heavy atom. The number of benzene rings is 2. The molecule has 0 aliphatic heterocycles. The minimum atomic E-state index is -0.462. The fraction of sp³-hybridized carbons (Fsp3) is 0.0833. The number of anilines is 1. The number of nitrogens with one attached hydrogen (secondary N) is 2. The van der Waals surface area contributed by atoms with Crippen LogP contribution in [0.1, 0.15) is 21.9 Å². The van der Waals surface area contributed by atoms with Gasteiger partial charge in [-0.1, -0.05) is 23.7 Å². The van der Waals surface area contributed by atoms with Crippen LogP contribution in [0.3, 0.4) is 0 Å². The van der Waals surface area contributed by atoms with Crippen LogP contribution < -0.4 is 10.6 Å². The van der Waals surface area contributed by atoms with E-state index in [1.165, 1.54) is 0 Å². The topological polar surface area (TPSA) is 87.6 Å². The number of aliphatic hydroxyl groups is 1. The maximum absolute atomic E-state index is 12.5. The standard InChI is InChI=1S/C24H19ClN2O4S/c1-14-2-3-16(12-19(14)25)21-10-11-22(31-21)23(29)27-24(32)26-17-6-4-15(5-7-17)20-9-8-18(13-28)30-20/h2-12,28H,13H2,1H3,(H2,26,27,29,32). The van der Waals surface area contributed by atoms with Gasteiger partial charge < -0.3 is 19.3 Å². The van der Waals surface area contributed by atoms with Crippen LogP contribution in [0.15, 0.2) is 75.6 Å². The Morgan fingerprint density at radius 3 is 2.34 bits per heavy atom. The van der Waals surface area contributed by atoms with Crippen molar-refractivity contribution >= 4 is 40.5 Å². The number of carbonyl (C=O) groups excluding carboxylic acids is 1. The summed E-state index contributed by atoms with van der Waals surface area (Å²) in [6, 6.07) is 19.7. The molecule has 1 amide bonds. The van der Waals surface area contributed by atoms with E-state index in [0.717, 1.165) is 16.7 Å². The highest BCUT2D eigenvalue weighted by Gasteiger charge is 2.14. The van der Waals surface area contributed by atoms with Gasteiger partial charge in [0.1, 0.15) is 23.9 Å². The van der Waals surface area contributed by atoms with E-state index in [1.807, 2.05) is 31.2 Å². The van der Waals surface area contributed by atoms with E-state index >= 15 is 0 Å². The number of thiocarbonyl (C=S) groups is 1. The molecule has 2 aromatic carbocycles. The summed E-state index contributed by atoms with van der Waals surface area (Å²) in [6.07, 6.45) is 0. The van der Waals surface area contributed by atoms with Crippen LogP contribution in [0.4, 0.5) is 5.69 Å². The smallest absolute Gasteiger partial charge is 0.293 e. The summed E-state index contributed by atoms with van der Waals surface area (Å²) in [5.41, 5.74) is 3.29. The molecule has 0 fully saturated rings. The number of hydrogen-bond acceptors (Lipinski definition) is 5. The fourth-order valence-corrected chi connectivity index (χ4v) is 3.42. The lowest BCUT2D eigenvalue weighted by atomic mass is 10.1. The van der Waals surface area contributed by atoms with Crippen LogP contribution in [0, 0.1) is 6.92 Å².